The molecule has 0 unspecified atom stereocenters. The molecule has 3 heteroatoms. The molecule has 1 aliphatic rings. The van der Waals surface area contributed by atoms with Crippen LogP contribution in [0.5, 0.6) is 0 Å². The topological polar surface area (TPSA) is 20.3 Å². The number of halogens is 1. The summed E-state index contributed by atoms with van der Waals surface area (Å²) in [6.45, 7) is 2.74. The van der Waals surface area contributed by atoms with Crippen molar-refractivity contribution < 1.29 is 4.79 Å². The smallest absolute Gasteiger partial charge is 0.255 e. The SMILES string of the molecule is Cc1ccccc1CN(C(=O)c1cccc2cccc(Br)c12)C1Cc2ccccc2C1. The monoisotopic (exact) mass is 469 g/mol. The quantitative estimate of drug-likeness (QED) is 0.324. The van der Waals surface area contributed by atoms with Gasteiger partial charge in [0.15, 0.2) is 0 Å². The maximum atomic E-state index is 14.1. The van der Waals surface area contributed by atoms with Gasteiger partial charge in [-0.05, 0) is 59.5 Å². The van der Waals surface area contributed by atoms with Crippen molar-refractivity contribution in [1.82, 2.24) is 4.90 Å². The molecule has 0 saturated heterocycles. The van der Waals surface area contributed by atoms with Gasteiger partial charge in [-0.25, -0.2) is 0 Å². The van der Waals surface area contributed by atoms with Crippen LogP contribution in [-0.2, 0) is 19.4 Å². The molecule has 0 fully saturated rings. The lowest BCUT2D eigenvalue weighted by Crippen LogP contribution is -2.40. The van der Waals surface area contributed by atoms with E-state index in [0.29, 0.717) is 6.54 Å². The lowest BCUT2D eigenvalue weighted by molar-refractivity contribution is 0.0669. The maximum Gasteiger partial charge on any atom is 0.255 e. The van der Waals surface area contributed by atoms with E-state index in [1.807, 2.05) is 24.3 Å². The van der Waals surface area contributed by atoms with E-state index >= 15 is 0 Å². The molecule has 5 rings (SSSR count). The average molecular weight is 470 g/mol. The molecule has 31 heavy (non-hydrogen) atoms. The minimum atomic E-state index is 0.0959. The van der Waals surface area contributed by atoms with E-state index in [4.69, 9.17) is 0 Å². The number of amides is 1. The zero-order valence-electron chi connectivity index (χ0n) is 17.5. The number of fused-ring (bicyclic) bond motifs is 2. The van der Waals surface area contributed by atoms with Gasteiger partial charge in [-0.3, -0.25) is 4.79 Å². The zero-order chi connectivity index (χ0) is 21.4. The second-order valence-corrected chi connectivity index (χ2v) is 9.19. The summed E-state index contributed by atoms with van der Waals surface area (Å²) in [4.78, 5) is 16.2. The first-order valence-corrected chi connectivity index (χ1v) is 11.5. The molecule has 0 heterocycles. The Balaban J connectivity index is 1.58. The highest BCUT2D eigenvalue weighted by Crippen LogP contribution is 2.32. The van der Waals surface area contributed by atoms with E-state index in [2.05, 4.69) is 88.4 Å². The van der Waals surface area contributed by atoms with Crippen molar-refractivity contribution in [2.45, 2.75) is 32.4 Å². The third-order valence-corrected chi connectivity index (χ3v) is 7.08. The second kappa shape index (κ2) is 8.32. The van der Waals surface area contributed by atoms with Crippen LogP contribution in [0.15, 0.2) is 89.4 Å². The van der Waals surface area contributed by atoms with Gasteiger partial charge in [-0.2, -0.15) is 0 Å². The van der Waals surface area contributed by atoms with E-state index < -0.39 is 0 Å². The minimum Gasteiger partial charge on any atom is -0.331 e. The van der Waals surface area contributed by atoms with E-state index in [9.17, 15) is 4.79 Å². The number of rotatable bonds is 4. The van der Waals surface area contributed by atoms with E-state index in [0.717, 1.165) is 33.7 Å². The zero-order valence-corrected chi connectivity index (χ0v) is 19.1. The number of benzene rings is 4. The molecular formula is C28H24BrNO. The average Bonchev–Trinajstić information content (AvgIpc) is 3.22. The van der Waals surface area contributed by atoms with Gasteiger partial charge >= 0.3 is 0 Å². The fraction of sp³-hybridized carbons (Fsp3) is 0.179. The molecule has 0 spiro atoms. The van der Waals surface area contributed by atoms with Gasteiger partial charge in [0.25, 0.3) is 5.91 Å². The van der Waals surface area contributed by atoms with Crippen molar-refractivity contribution >= 4 is 32.6 Å². The first-order chi connectivity index (χ1) is 15.1. The highest BCUT2D eigenvalue weighted by Gasteiger charge is 2.31. The maximum absolute atomic E-state index is 14.1. The first-order valence-electron chi connectivity index (χ1n) is 10.7. The largest absolute Gasteiger partial charge is 0.331 e. The normalized spacial score (nSPS) is 13.4. The number of hydrogen-bond acceptors (Lipinski definition) is 1. The van der Waals surface area contributed by atoms with Crippen LogP contribution in [0.2, 0.25) is 0 Å². The van der Waals surface area contributed by atoms with Gasteiger partial charge in [0.1, 0.15) is 0 Å². The van der Waals surface area contributed by atoms with Gasteiger partial charge in [-0.15, -0.1) is 0 Å². The molecular weight excluding hydrogens is 446 g/mol. The molecule has 0 atom stereocenters. The predicted molar refractivity (Wildman–Crippen MR) is 130 cm³/mol. The Morgan fingerprint density at radius 2 is 1.52 bits per heavy atom. The summed E-state index contributed by atoms with van der Waals surface area (Å²) in [5.41, 5.74) is 5.89. The lowest BCUT2D eigenvalue weighted by Gasteiger charge is -2.30. The standard InChI is InChI=1S/C28H24BrNO/c1-19-8-2-3-11-23(19)18-30(24-16-21-9-4-5-10-22(21)17-24)28(31)25-14-6-12-20-13-7-15-26(29)27(20)25/h2-15,24H,16-18H2,1H3. The number of carbonyl (C=O) groups excluding carboxylic acids is 1. The Hall–Kier alpha value is -2.91. The fourth-order valence-electron chi connectivity index (χ4n) is 4.72. The summed E-state index contributed by atoms with van der Waals surface area (Å²) in [6, 6.07) is 29.2. The Kier molecular flexibility index (Phi) is 5.37. The summed E-state index contributed by atoms with van der Waals surface area (Å²) < 4.78 is 0.958. The molecule has 1 amide bonds. The van der Waals surface area contributed by atoms with Crippen molar-refractivity contribution in [3.05, 3.63) is 117 Å². The molecule has 0 aromatic heterocycles. The van der Waals surface area contributed by atoms with Crippen molar-refractivity contribution in [2.75, 3.05) is 0 Å². The van der Waals surface area contributed by atoms with E-state index in [-0.39, 0.29) is 11.9 Å². The molecule has 0 radical (unpaired) electrons. The Bertz CT molecular complexity index is 1250. The third kappa shape index (κ3) is 3.79. The van der Waals surface area contributed by atoms with Gasteiger partial charge in [-0.1, -0.05) is 88.7 Å². The van der Waals surface area contributed by atoms with Gasteiger partial charge in [0.05, 0.1) is 0 Å². The molecule has 2 nitrogen and oxygen atoms in total. The van der Waals surface area contributed by atoms with Gasteiger partial charge < -0.3 is 4.90 Å². The van der Waals surface area contributed by atoms with Crippen LogP contribution in [0.1, 0.15) is 32.6 Å². The Morgan fingerprint density at radius 1 is 0.871 bits per heavy atom. The molecule has 0 bridgehead atoms. The van der Waals surface area contributed by atoms with E-state index in [1.165, 1.54) is 22.3 Å². The highest BCUT2D eigenvalue weighted by atomic mass is 79.9. The van der Waals surface area contributed by atoms with Crippen LogP contribution in [0.25, 0.3) is 10.8 Å². The van der Waals surface area contributed by atoms with E-state index in [1.54, 1.807) is 0 Å². The highest BCUT2D eigenvalue weighted by molar-refractivity contribution is 9.10. The molecule has 1 aliphatic carbocycles. The molecule has 4 aromatic carbocycles. The summed E-state index contributed by atoms with van der Waals surface area (Å²) in [5, 5.41) is 2.06. The van der Waals surface area contributed by atoms with Crippen LogP contribution < -0.4 is 0 Å². The van der Waals surface area contributed by atoms with Crippen LogP contribution in [0, 0.1) is 6.92 Å². The van der Waals surface area contributed by atoms with Crippen molar-refractivity contribution in [3.63, 3.8) is 0 Å². The number of carbonyl (C=O) groups is 1. The second-order valence-electron chi connectivity index (χ2n) is 8.33. The predicted octanol–water partition coefficient (Wildman–Crippen LogP) is 6.72. The molecule has 4 aromatic rings. The first kappa shape index (κ1) is 20.0. The molecule has 0 aliphatic heterocycles. The summed E-state index contributed by atoms with van der Waals surface area (Å²) >= 11 is 3.68. The number of nitrogens with zero attached hydrogens (tertiary/aromatic N) is 1. The van der Waals surface area contributed by atoms with Gasteiger partial charge in [0.2, 0.25) is 0 Å². The number of hydrogen-bond donors (Lipinski definition) is 0. The fourth-order valence-corrected chi connectivity index (χ4v) is 5.32. The van der Waals surface area contributed by atoms with Crippen LogP contribution in [0.4, 0.5) is 0 Å². The molecule has 0 saturated carbocycles. The molecule has 0 N–H and O–H groups in total. The lowest BCUT2D eigenvalue weighted by atomic mass is 10.0. The molecule has 154 valence electrons. The number of aryl methyl sites for hydroxylation is 1. The van der Waals surface area contributed by atoms with Crippen LogP contribution >= 0.6 is 15.9 Å². The Morgan fingerprint density at radius 3 is 2.23 bits per heavy atom. The van der Waals surface area contributed by atoms with Crippen LogP contribution in [-0.4, -0.2) is 16.8 Å². The summed E-state index contributed by atoms with van der Waals surface area (Å²) in [5.74, 6) is 0.0959. The summed E-state index contributed by atoms with van der Waals surface area (Å²) in [7, 11) is 0. The van der Waals surface area contributed by atoms with Crippen LogP contribution in [0.3, 0.4) is 0 Å². The van der Waals surface area contributed by atoms with Crippen molar-refractivity contribution in [1.29, 1.82) is 0 Å². The van der Waals surface area contributed by atoms with Crippen molar-refractivity contribution in [2.24, 2.45) is 0 Å². The minimum absolute atomic E-state index is 0.0959. The van der Waals surface area contributed by atoms with Crippen molar-refractivity contribution in [3.8, 4) is 0 Å². The summed E-state index contributed by atoms with van der Waals surface area (Å²) in [6.07, 6.45) is 1.81. The third-order valence-electron chi connectivity index (χ3n) is 6.42. The Labute approximate surface area is 191 Å². The van der Waals surface area contributed by atoms with Gasteiger partial charge in [0, 0.05) is 28.0 Å².